The maximum atomic E-state index is 12.8. The zero-order valence-electron chi connectivity index (χ0n) is 13.7. The van der Waals surface area contributed by atoms with Crippen LogP contribution < -0.4 is 5.32 Å². The number of amides is 2. The highest BCUT2D eigenvalue weighted by Crippen LogP contribution is 2.19. The van der Waals surface area contributed by atoms with Crippen LogP contribution in [0.3, 0.4) is 0 Å². The van der Waals surface area contributed by atoms with Gasteiger partial charge in [-0.1, -0.05) is 12.1 Å². The average molecular weight is 339 g/mol. The van der Waals surface area contributed by atoms with Gasteiger partial charge < -0.3 is 14.6 Å². The molecule has 8 heteroatoms. The summed E-state index contributed by atoms with van der Waals surface area (Å²) in [7, 11) is 1.70. The molecule has 0 radical (unpaired) electrons. The highest BCUT2D eigenvalue weighted by atomic mass is 16.3. The van der Waals surface area contributed by atoms with E-state index in [1.54, 1.807) is 24.2 Å². The van der Waals surface area contributed by atoms with Crippen molar-refractivity contribution in [1.82, 2.24) is 25.0 Å². The average Bonchev–Trinajstić information content (AvgIpc) is 3.21. The monoisotopic (exact) mass is 339 g/mol. The fourth-order valence-corrected chi connectivity index (χ4v) is 3.06. The minimum absolute atomic E-state index is 0.205. The topological polar surface area (TPSA) is 93.3 Å². The first-order valence-electron chi connectivity index (χ1n) is 8.04. The summed E-state index contributed by atoms with van der Waals surface area (Å²) in [6.45, 7) is 0.854. The van der Waals surface area contributed by atoms with Gasteiger partial charge in [-0.05, 0) is 18.2 Å². The Morgan fingerprint density at radius 3 is 2.96 bits per heavy atom. The summed E-state index contributed by atoms with van der Waals surface area (Å²) in [6.07, 6.45) is 1.79. The van der Waals surface area contributed by atoms with E-state index in [1.165, 1.54) is 4.68 Å². The van der Waals surface area contributed by atoms with Crippen molar-refractivity contribution >= 4 is 22.9 Å². The second kappa shape index (κ2) is 6.04. The summed E-state index contributed by atoms with van der Waals surface area (Å²) in [4.78, 5) is 31.2. The second-order valence-electron chi connectivity index (χ2n) is 5.92. The molecule has 0 aliphatic carbocycles. The van der Waals surface area contributed by atoms with Gasteiger partial charge in [0.05, 0.1) is 6.42 Å². The Hall–Kier alpha value is -3.16. The van der Waals surface area contributed by atoms with Gasteiger partial charge in [-0.15, -0.1) is 0 Å². The molecule has 2 amide bonds. The Kier molecular flexibility index (Phi) is 3.72. The molecule has 1 aliphatic rings. The van der Waals surface area contributed by atoms with Crippen molar-refractivity contribution < 1.29 is 14.0 Å². The van der Waals surface area contributed by atoms with Crippen molar-refractivity contribution in [2.24, 2.45) is 7.05 Å². The van der Waals surface area contributed by atoms with Gasteiger partial charge in [0.25, 0.3) is 5.91 Å². The number of rotatable bonds is 3. The molecule has 0 saturated carbocycles. The molecule has 0 spiro atoms. The number of aryl methyl sites for hydroxylation is 1. The van der Waals surface area contributed by atoms with Gasteiger partial charge in [0.1, 0.15) is 17.3 Å². The molecule has 1 atom stereocenters. The SMILES string of the molecule is Cn1nccc1C(=O)N1CCNC(=O)C1Cc1nc2ccccc2o1. The molecule has 1 aliphatic heterocycles. The van der Waals surface area contributed by atoms with E-state index in [9.17, 15) is 9.59 Å². The first kappa shape index (κ1) is 15.4. The minimum Gasteiger partial charge on any atom is -0.441 e. The van der Waals surface area contributed by atoms with Gasteiger partial charge in [-0.25, -0.2) is 4.98 Å². The van der Waals surface area contributed by atoms with E-state index < -0.39 is 6.04 Å². The third-order valence-corrected chi connectivity index (χ3v) is 4.34. The van der Waals surface area contributed by atoms with E-state index in [2.05, 4.69) is 15.4 Å². The molecule has 8 nitrogen and oxygen atoms in total. The number of carbonyl (C=O) groups excluding carboxylic acids is 2. The molecule has 1 unspecified atom stereocenters. The third kappa shape index (κ3) is 2.75. The van der Waals surface area contributed by atoms with Gasteiger partial charge in [0.2, 0.25) is 5.91 Å². The Bertz CT molecular complexity index is 912. The summed E-state index contributed by atoms with van der Waals surface area (Å²) >= 11 is 0. The molecule has 4 rings (SSSR count). The van der Waals surface area contributed by atoms with E-state index in [-0.39, 0.29) is 18.2 Å². The molecule has 1 fully saturated rings. The fraction of sp³-hybridized carbons (Fsp3) is 0.294. The van der Waals surface area contributed by atoms with Crippen molar-refractivity contribution in [3.05, 3.63) is 48.1 Å². The Morgan fingerprint density at radius 1 is 1.36 bits per heavy atom. The van der Waals surface area contributed by atoms with Crippen LogP contribution in [0.15, 0.2) is 40.9 Å². The maximum Gasteiger partial charge on any atom is 0.272 e. The number of aromatic nitrogens is 3. The van der Waals surface area contributed by atoms with E-state index in [0.29, 0.717) is 30.3 Å². The van der Waals surface area contributed by atoms with Crippen molar-refractivity contribution in [3.63, 3.8) is 0 Å². The number of benzene rings is 1. The van der Waals surface area contributed by atoms with Gasteiger partial charge in [0.15, 0.2) is 11.5 Å². The van der Waals surface area contributed by atoms with Crippen LogP contribution >= 0.6 is 0 Å². The normalized spacial score (nSPS) is 17.7. The van der Waals surface area contributed by atoms with Gasteiger partial charge in [0, 0.05) is 26.3 Å². The number of para-hydroxylation sites is 2. The standard InChI is InChI=1S/C17H17N5O3/c1-21-12(6-7-19-21)17(24)22-9-8-18-16(23)13(22)10-15-20-11-4-2-3-5-14(11)25-15/h2-7,13H,8-10H2,1H3,(H,18,23). The van der Waals surface area contributed by atoms with Crippen LogP contribution in [0, 0.1) is 0 Å². The lowest BCUT2D eigenvalue weighted by Gasteiger charge is -2.34. The van der Waals surface area contributed by atoms with Crippen molar-refractivity contribution in [2.75, 3.05) is 13.1 Å². The number of hydrogen-bond donors (Lipinski definition) is 1. The van der Waals surface area contributed by atoms with Crippen molar-refractivity contribution in [1.29, 1.82) is 0 Å². The first-order chi connectivity index (χ1) is 12.1. The van der Waals surface area contributed by atoms with E-state index in [4.69, 9.17) is 4.42 Å². The van der Waals surface area contributed by atoms with Crippen LogP contribution in [0.1, 0.15) is 16.4 Å². The number of carbonyl (C=O) groups is 2. The molecular weight excluding hydrogens is 322 g/mol. The van der Waals surface area contributed by atoms with Crippen LogP contribution in [-0.2, 0) is 18.3 Å². The summed E-state index contributed by atoms with van der Waals surface area (Å²) in [5.41, 5.74) is 1.84. The molecular formula is C17H17N5O3. The summed E-state index contributed by atoms with van der Waals surface area (Å²) < 4.78 is 7.22. The highest BCUT2D eigenvalue weighted by Gasteiger charge is 2.35. The van der Waals surface area contributed by atoms with Crippen LogP contribution in [0.25, 0.3) is 11.1 Å². The first-order valence-corrected chi connectivity index (χ1v) is 8.04. The maximum absolute atomic E-state index is 12.8. The van der Waals surface area contributed by atoms with Crippen LogP contribution in [-0.4, -0.2) is 50.6 Å². The number of hydrogen-bond acceptors (Lipinski definition) is 5. The molecule has 2 aromatic heterocycles. The largest absolute Gasteiger partial charge is 0.441 e. The number of piperazine rings is 1. The molecule has 1 saturated heterocycles. The zero-order chi connectivity index (χ0) is 17.4. The summed E-state index contributed by atoms with van der Waals surface area (Å²) in [5.74, 6) is 0.00559. The minimum atomic E-state index is -0.663. The second-order valence-corrected chi connectivity index (χ2v) is 5.92. The van der Waals surface area contributed by atoms with E-state index in [1.807, 2.05) is 24.3 Å². The van der Waals surface area contributed by atoms with Gasteiger partial charge in [-0.3, -0.25) is 14.3 Å². The van der Waals surface area contributed by atoms with Gasteiger partial charge >= 0.3 is 0 Å². The predicted octanol–water partition coefficient (Wildman–Crippen LogP) is 0.745. The Balaban J connectivity index is 1.63. The van der Waals surface area contributed by atoms with Crippen LogP contribution in [0.5, 0.6) is 0 Å². The highest BCUT2D eigenvalue weighted by molar-refractivity contribution is 5.97. The predicted molar refractivity (Wildman–Crippen MR) is 88.8 cm³/mol. The van der Waals surface area contributed by atoms with Crippen LogP contribution in [0.4, 0.5) is 0 Å². The zero-order valence-corrected chi connectivity index (χ0v) is 13.7. The molecule has 128 valence electrons. The fourth-order valence-electron chi connectivity index (χ4n) is 3.06. The Morgan fingerprint density at radius 2 is 2.20 bits per heavy atom. The van der Waals surface area contributed by atoms with Gasteiger partial charge in [-0.2, -0.15) is 5.10 Å². The summed E-state index contributed by atoms with van der Waals surface area (Å²) in [5, 5.41) is 6.83. The van der Waals surface area contributed by atoms with Crippen LogP contribution in [0.2, 0.25) is 0 Å². The molecule has 3 aromatic rings. The number of fused-ring (bicyclic) bond motifs is 1. The molecule has 25 heavy (non-hydrogen) atoms. The molecule has 1 aromatic carbocycles. The lowest BCUT2D eigenvalue weighted by molar-refractivity contribution is -0.127. The van der Waals surface area contributed by atoms with E-state index >= 15 is 0 Å². The quantitative estimate of drug-likeness (QED) is 0.760. The number of oxazole rings is 1. The Labute approximate surface area is 143 Å². The lowest BCUT2D eigenvalue weighted by Crippen LogP contribution is -2.58. The third-order valence-electron chi connectivity index (χ3n) is 4.34. The molecule has 0 bridgehead atoms. The number of nitrogens with one attached hydrogen (secondary N) is 1. The van der Waals surface area contributed by atoms with Crippen molar-refractivity contribution in [3.8, 4) is 0 Å². The number of nitrogens with zero attached hydrogens (tertiary/aromatic N) is 4. The van der Waals surface area contributed by atoms with E-state index in [0.717, 1.165) is 5.52 Å². The van der Waals surface area contributed by atoms with Crippen molar-refractivity contribution in [2.45, 2.75) is 12.5 Å². The lowest BCUT2D eigenvalue weighted by atomic mass is 10.1. The molecule has 3 heterocycles. The molecule has 1 N–H and O–H groups in total. The smallest absolute Gasteiger partial charge is 0.272 e. The summed E-state index contributed by atoms with van der Waals surface area (Å²) in [6, 6.07) is 8.39.